The maximum Gasteiger partial charge on any atom is 0.134 e. The number of rotatable bonds is 7. The zero-order chi connectivity index (χ0) is 13.8. The third-order valence-corrected chi connectivity index (χ3v) is 3.86. The second kappa shape index (κ2) is 6.27. The van der Waals surface area contributed by atoms with Gasteiger partial charge in [0, 0.05) is 11.6 Å². The van der Waals surface area contributed by atoms with Crippen LogP contribution < -0.4 is 5.32 Å². The quantitative estimate of drug-likeness (QED) is 0.798. The van der Waals surface area contributed by atoms with E-state index in [-0.39, 0.29) is 0 Å². The average Bonchev–Trinajstić information content (AvgIpc) is 3.20. The smallest absolute Gasteiger partial charge is 0.134 e. The lowest BCUT2D eigenvalue weighted by atomic mass is 10.1. The van der Waals surface area contributed by atoms with Crippen molar-refractivity contribution in [2.45, 2.75) is 51.6 Å². The van der Waals surface area contributed by atoms with Crippen LogP contribution in [0, 0.1) is 0 Å². The molecule has 106 valence electrons. The Balaban J connectivity index is 1.62. The van der Waals surface area contributed by atoms with E-state index in [2.05, 4.69) is 48.6 Å². The minimum absolute atomic E-state index is 0.724. The van der Waals surface area contributed by atoms with Gasteiger partial charge < -0.3 is 9.73 Å². The van der Waals surface area contributed by atoms with Crippen molar-refractivity contribution in [3.63, 3.8) is 0 Å². The summed E-state index contributed by atoms with van der Waals surface area (Å²) in [7, 11) is 0. The van der Waals surface area contributed by atoms with Gasteiger partial charge in [0.1, 0.15) is 11.5 Å². The van der Waals surface area contributed by atoms with Gasteiger partial charge in [-0.15, -0.1) is 0 Å². The lowest BCUT2D eigenvalue weighted by molar-refractivity contribution is 0.492. The summed E-state index contributed by atoms with van der Waals surface area (Å²) < 4.78 is 5.91. The zero-order valence-electron chi connectivity index (χ0n) is 12.2. The van der Waals surface area contributed by atoms with Crippen molar-refractivity contribution in [2.24, 2.45) is 0 Å². The monoisotopic (exact) mass is 269 g/mol. The summed E-state index contributed by atoms with van der Waals surface area (Å²) in [6, 6.07) is 13.6. The molecule has 1 aliphatic rings. The number of hydrogen-bond donors (Lipinski definition) is 1. The van der Waals surface area contributed by atoms with E-state index < -0.39 is 0 Å². The van der Waals surface area contributed by atoms with Crippen LogP contribution in [-0.2, 0) is 13.0 Å². The molecular weight excluding hydrogens is 246 g/mol. The first-order valence-corrected chi connectivity index (χ1v) is 7.76. The van der Waals surface area contributed by atoms with Crippen molar-refractivity contribution in [1.82, 2.24) is 5.32 Å². The Morgan fingerprint density at radius 2 is 1.90 bits per heavy atom. The maximum atomic E-state index is 5.91. The Morgan fingerprint density at radius 3 is 2.60 bits per heavy atom. The van der Waals surface area contributed by atoms with Gasteiger partial charge in [-0.2, -0.15) is 0 Å². The van der Waals surface area contributed by atoms with Gasteiger partial charge in [0.2, 0.25) is 0 Å². The van der Waals surface area contributed by atoms with Crippen molar-refractivity contribution in [3.8, 4) is 11.3 Å². The minimum Gasteiger partial charge on any atom is -0.460 e. The summed E-state index contributed by atoms with van der Waals surface area (Å²) >= 11 is 0. The van der Waals surface area contributed by atoms with Gasteiger partial charge in [-0.1, -0.05) is 37.6 Å². The highest BCUT2D eigenvalue weighted by Gasteiger charge is 2.20. The Bertz CT molecular complexity index is 537. The van der Waals surface area contributed by atoms with Gasteiger partial charge in [-0.3, -0.25) is 0 Å². The molecule has 1 saturated carbocycles. The van der Waals surface area contributed by atoms with Gasteiger partial charge in [-0.25, -0.2) is 0 Å². The normalized spacial score (nSPS) is 14.7. The van der Waals surface area contributed by atoms with Crippen molar-refractivity contribution in [2.75, 3.05) is 0 Å². The standard InChI is InChI=1S/C18H23NO/c1-2-3-4-14-5-7-15(8-6-14)18-12-11-17(20-18)13-19-16-9-10-16/h5-8,11-12,16,19H,2-4,9-10,13H2,1H3. The summed E-state index contributed by atoms with van der Waals surface area (Å²) in [5.74, 6) is 2.00. The van der Waals surface area contributed by atoms with E-state index >= 15 is 0 Å². The van der Waals surface area contributed by atoms with Crippen LogP contribution in [0.2, 0.25) is 0 Å². The SMILES string of the molecule is CCCCc1ccc(-c2ccc(CNC3CC3)o2)cc1. The molecule has 2 aromatic rings. The topological polar surface area (TPSA) is 25.2 Å². The number of nitrogens with one attached hydrogen (secondary N) is 1. The molecule has 0 bridgehead atoms. The molecule has 2 nitrogen and oxygen atoms in total. The second-order valence-corrected chi connectivity index (χ2v) is 5.72. The largest absolute Gasteiger partial charge is 0.460 e. The number of furan rings is 1. The van der Waals surface area contributed by atoms with E-state index in [0.717, 1.165) is 24.1 Å². The Morgan fingerprint density at radius 1 is 1.10 bits per heavy atom. The molecule has 0 unspecified atom stereocenters. The highest BCUT2D eigenvalue weighted by molar-refractivity contribution is 5.57. The summed E-state index contributed by atoms with van der Waals surface area (Å²) in [5.41, 5.74) is 2.58. The fourth-order valence-electron chi connectivity index (χ4n) is 2.38. The molecule has 1 aliphatic carbocycles. The third kappa shape index (κ3) is 3.51. The summed E-state index contributed by atoms with van der Waals surface area (Å²) in [5, 5.41) is 3.48. The molecule has 0 saturated heterocycles. The van der Waals surface area contributed by atoms with Gasteiger partial charge in [0.15, 0.2) is 0 Å². The first-order chi connectivity index (χ1) is 9.85. The maximum absolute atomic E-state index is 5.91. The third-order valence-electron chi connectivity index (χ3n) is 3.86. The fourth-order valence-corrected chi connectivity index (χ4v) is 2.38. The summed E-state index contributed by atoms with van der Waals surface area (Å²) in [6.07, 6.45) is 6.31. The molecule has 1 aromatic carbocycles. The molecule has 0 aliphatic heterocycles. The molecule has 0 spiro atoms. The molecule has 20 heavy (non-hydrogen) atoms. The molecule has 3 rings (SSSR count). The summed E-state index contributed by atoms with van der Waals surface area (Å²) in [6.45, 7) is 3.08. The number of benzene rings is 1. The molecule has 1 heterocycles. The molecule has 0 atom stereocenters. The first-order valence-electron chi connectivity index (χ1n) is 7.76. The van der Waals surface area contributed by atoms with Crippen molar-refractivity contribution < 1.29 is 4.42 Å². The van der Waals surface area contributed by atoms with Crippen LogP contribution in [0.5, 0.6) is 0 Å². The Labute approximate surface area is 121 Å². The fraction of sp³-hybridized carbons (Fsp3) is 0.444. The van der Waals surface area contributed by atoms with E-state index in [4.69, 9.17) is 4.42 Å². The molecular formula is C18H23NO. The summed E-state index contributed by atoms with van der Waals surface area (Å²) in [4.78, 5) is 0. The van der Waals surface area contributed by atoms with Crippen LogP contribution in [0.25, 0.3) is 11.3 Å². The molecule has 0 radical (unpaired) electrons. The highest BCUT2D eigenvalue weighted by Crippen LogP contribution is 2.24. The van der Waals surface area contributed by atoms with Crippen LogP contribution in [0.3, 0.4) is 0 Å². The number of hydrogen-bond acceptors (Lipinski definition) is 2. The van der Waals surface area contributed by atoms with Crippen LogP contribution in [0.1, 0.15) is 43.9 Å². The molecule has 1 fully saturated rings. The zero-order valence-corrected chi connectivity index (χ0v) is 12.2. The van der Waals surface area contributed by atoms with Gasteiger partial charge >= 0.3 is 0 Å². The Hall–Kier alpha value is -1.54. The predicted octanol–water partition coefficient (Wildman–Crippen LogP) is 4.54. The van der Waals surface area contributed by atoms with Crippen LogP contribution in [0.15, 0.2) is 40.8 Å². The highest BCUT2D eigenvalue weighted by atomic mass is 16.3. The Kier molecular flexibility index (Phi) is 4.22. The van der Waals surface area contributed by atoms with Gasteiger partial charge in [0.05, 0.1) is 6.54 Å². The van der Waals surface area contributed by atoms with E-state index in [1.807, 2.05) is 0 Å². The molecule has 1 N–H and O–H groups in total. The van der Waals surface area contributed by atoms with Crippen LogP contribution in [-0.4, -0.2) is 6.04 Å². The van der Waals surface area contributed by atoms with Crippen molar-refractivity contribution in [1.29, 1.82) is 0 Å². The first kappa shape index (κ1) is 13.4. The molecule has 0 amide bonds. The van der Waals surface area contributed by atoms with E-state index in [0.29, 0.717) is 0 Å². The van der Waals surface area contributed by atoms with Crippen LogP contribution in [0.4, 0.5) is 0 Å². The molecule has 1 aromatic heterocycles. The second-order valence-electron chi connectivity index (χ2n) is 5.72. The van der Waals surface area contributed by atoms with Crippen molar-refractivity contribution in [3.05, 3.63) is 47.7 Å². The average molecular weight is 269 g/mol. The van der Waals surface area contributed by atoms with E-state index in [9.17, 15) is 0 Å². The van der Waals surface area contributed by atoms with Gasteiger partial charge in [0.25, 0.3) is 0 Å². The van der Waals surface area contributed by atoms with Crippen molar-refractivity contribution >= 4 is 0 Å². The van der Waals surface area contributed by atoms with E-state index in [1.165, 1.54) is 43.2 Å². The van der Waals surface area contributed by atoms with Gasteiger partial charge in [-0.05, 0) is 43.4 Å². The molecule has 2 heteroatoms. The lowest BCUT2D eigenvalue weighted by Gasteiger charge is -2.02. The van der Waals surface area contributed by atoms with E-state index in [1.54, 1.807) is 0 Å². The number of unbranched alkanes of at least 4 members (excludes halogenated alkanes) is 1. The lowest BCUT2D eigenvalue weighted by Crippen LogP contribution is -2.14. The predicted molar refractivity (Wildman–Crippen MR) is 82.6 cm³/mol. The minimum atomic E-state index is 0.724. The van der Waals surface area contributed by atoms with Crippen LogP contribution >= 0.6 is 0 Å². The number of aryl methyl sites for hydroxylation is 1.